The van der Waals surface area contributed by atoms with E-state index in [0.717, 1.165) is 0 Å². The van der Waals surface area contributed by atoms with Crippen LogP contribution in [0.5, 0.6) is 23.1 Å². The van der Waals surface area contributed by atoms with Gasteiger partial charge < -0.3 is 25.3 Å². The SMILES string of the molecule is COc1ccc(OC)c(NC(N)=NCc2cccnc2Oc2cccc(F)c2)c1.I. The number of anilines is 1. The summed E-state index contributed by atoms with van der Waals surface area (Å²) >= 11 is 0. The predicted octanol–water partition coefficient (Wildman–Crippen LogP) is 4.58. The lowest BCUT2D eigenvalue weighted by molar-refractivity contribution is 0.405. The number of nitrogens with zero attached hydrogens (tertiary/aromatic N) is 2. The van der Waals surface area contributed by atoms with Crippen LogP contribution in [0.15, 0.2) is 65.8 Å². The molecule has 0 saturated carbocycles. The Morgan fingerprint density at radius 1 is 1.07 bits per heavy atom. The molecule has 30 heavy (non-hydrogen) atoms. The van der Waals surface area contributed by atoms with E-state index in [1.165, 1.54) is 12.1 Å². The lowest BCUT2D eigenvalue weighted by Crippen LogP contribution is -2.23. The highest BCUT2D eigenvalue weighted by atomic mass is 127. The number of hydrogen-bond donors (Lipinski definition) is 2. The third kappa shape index (κ3) is 6.21. The van der Waals surface area contributed by atoms with E-state index in [2.05, 4.69) is 15.3 Å². The summed E-state index contributed by atoms with van der Waals surface area (Å²) in [7, 11) is 3.14. The van der Waals surface area contributed by atoms with E-state index in [4.69, 9.17) is 19.9 Å². The van der Waals surface area contributed by atoms with Gasteiger partial charge in [-0.3, -0.25) is 0 Å². The summed E-state index contributed by atoms with van der Waals surface area (Å²) in [6.45, 7) is 0.212. The van der Waals surface area contributed by atoms with Crippen LogP contribution in [-0.2, 0) is 6.54 Å². The minimum absolute atomic E-state index is 0. The van der Waals surface area contributed by atoms with Gasteiger partial charge in [-0.2, -0.15) is 0 Å². The van der Waals surface area contributed by atoms with Crippen LogP contribution in [0.25, 0.3) is 0 Å². The molecule has 3 aromatic rings. The second-order valence-corrected chi connectivity index (χ2v) is 5.92. The molecule has 0 aliphatic rings. The number of hydrogen-bond acceptors (Lipinski definition) is 5. The topological polar surface area (TPSA) is 91.0 Å². The van der Waals surface area contributed by atoms with Gasteiger partial charge in [0.25, 0.3) is 0 Å². The molecule has 0 saturated heterocycles. The molecule has 0 spiro atoms. The Morgan fingerprint density at radius 2 is 1.90 bits per heavy atom. The molecule has 7 nitrogen and oxygen atoms in total. The molecule has 3 N–H and O–H groups in total. The summed E-state index contributed by atoms with van der Waals surface area (Å²) in [5.41, 5.74) is 7.34. The number of pyridine rings is 1. The van der Waals surface area contributed by atoms with Crippen molar-refractivity contribution >= 4 is 35.6 Å². The first-order chi connectivity index (χ1) is 14.1. The van der Waals surface area contributed by atoms with Crippen LogP contribution < -0.4 is 25.3 Å². The predicted molar refractivity (Wildman–Crippen MR) is 125 cm³/mol. The zero-order valence-corrected chi connectivity index (χ0v) is 18.8. The maximum Gasteiger partial charge on any atom is 0.224 e. The molecule has 0 radical (unpaired) electrons. The van der Waals surface area contributed by atoms with Crippen molar-refractivity contribution in [3.8, 4) is 23.1 Å². The fraction of sp³-hybridized carbons (Fsp3) is 0.143. The second kappa shape index (κ2) is 11.2. The highest BCUT2D eigenvalue weighted by molar-refractivity contribution is 14.0. The highest BCUT2D eigenvalue weighted by Crippen LogP contribution is 2.29. The molecule has 158 valence electrons. The fourth-order valence-corrected chi connectivity index (χ4v) is 2.54. The number of nitrogens with one attached hydrogen (secondary N) is 1. The standard InChI is InChI=1S/C21H21FN4O3.HI/c1-27-16-8-9-19(28-2)18(12-16)26-21(23)25-13-14-5-4-10-24-20(14)29-17-7-3-6-15(22)11-17;/h3-12H,13H2,1-2H3,(H3,23,25,26);1H. The molecule has 1 aromatic heterocycles. The smallest absolute Gasteiger partial charge is 0.224 e. The van der Waals surface area contributed by atoms with Gasteiger partial charge in [0.1, 0.15) is 23.1 Å². The van der Waals surface area contributed by atoms with E-state index in [1.807, 2.05) is 6.07 Å². The first-order valence-corrected chi connectivity index (χ1v) is 8.75. The van der Waals surface area contributed by atoms with Gasteiger partial charge in [0.05, 0.1) is 26.5 Å². The van der Waals surface area contributed by atoms with E-state index in [1.54, 1.807) is 56.8 Å². The minimum atomic E-state index is -0.390. The molecule has 0 fully saturated rings. The van der Waals surface area contributed by atoms with E-state index >= 15 is 0 Å². The maximum absolute atomic E-state index is 13.4. The zero-order chi connectivity index (χ0) is 20.6. The molecule has 0 unspecified atom stereocenters. The molecule has 0 atom stereocenters. The van der Waals surface area contributed by atoms with Crippen LogP contribution in [-0.4, -0.2) is 25.2 Å². The summed E-state index contributed by atoms with van der Waals surface area (Å²) < 4.78 is 29.6. The quantitative estimate of drug-likeness (QED) is 0.267. The largest absolute Gasteiger partial charge is 0.497 e. The molecule has 0 bridgehead atoms. The van der Waals surface area contributed by atoms with Gasteiger partial charge in [0, 0.05) is 23.9 Å². The molecular formula is C21H22FIN4O3. The monoisotopic (exact) mass is 524 g/mol. The van der Waals surface area contributed by atoms with Gasteiger partial charge in [-0.15, -0.1) is 24.0 Å². The Balaban J connectivity index is 0.00000320. The van der Waals surface area contributed by atoms with Crippen LogP contribution in [0.2, 0.25) is 0 Å². The average molecular weight is 524 g/mol. The number of aromatic nitrogens is 1. The molecule has 1 heterocycles. The first-order valence-electron chi connectivity index (χ1n) is 8.75. The number of aliphatic imine (C=N–C) groups is 1. The minimum Gasteiger partial charge on any atom is -0.497 e. The first kappa shape index (κ1) is 23.2. The molecular weight excluding hydrogens is 502 g/mol. The Bertz CT molecular complexity index is 1020. The number of halogens is 2. The van der Waals surface area contributed by atoms with Gasteiger partial charge in [0.2, 0.25) is 5.88 Å². The van der Waals surface area contributed by atoms with Gasteiger partial charge >= 0.3 is 0 Å². The summed E-state index contributed by atoms with van der Waals surface area (Å²) in [6.07, 6.45) is 1.59. The third-order valence-corrected chi connectivity index (χ3v) is 3.95. The van der Waals surface area contributed by atoms with Crippen molar-refractivity contribution in [2.24, 2.45) is 10.7 Å². The van der Waals surface area contributed by atoms with Gasteiger partial charge in [-0.1, -0.05) is 12.1 Å². The lowest BCUT2D eigenvalue weighted by Gasteiger charge is -2.12. The van der Waals surface area contributed by atoms with Crippen molar-refractivity contribution in [2.45, 2.75) is 6.54 Å². The average Bonchev–Trinajstić information content (AvgIpc) is 2.73. The van der Waals surface area contributed by atoms with E-state index < -0.39 is 5.82 Å². The van der Waals surface area contributed by atoms with Crippen molar-refractivity contribution < 1.29 is 18.6 Å². The molecule has 2 aromatic carbocycles. The van der Waals surface area contributed by atoms with Crippen LogP contribution in [0.3, 0.4) is 0 Å². The van der Waals surface area contributed by atoms with Gasteiger partial charge in [0.15, 0.2) is 5.96 Å². The Hall–Kier alpha value is -3.08. The van der Waals surface area contributed by atoms with Crippen LogP contribution in [0.4, 0.5) is 10.1 Å². The second-order valence-electron chi connectivity index (χ2n) is 5.92. The van der Waals surface area contributed by atoms with Crippen molar-refractivity contribution in [3.05, 3.63) is 72.2 Å². The number of rotatable bonds is 7. The fourth-order valence-electron chi connectivity index (χ4n) is 2.54. The normalized spacial score (nSPS) is 10.7. The third-order valence-electron chi connectivity index (χ3n) is 3.95. The Kier molecular flexibility index (Phi) is 8.66. The highest BCUT2D eigenvalue weighted by Gasteiger charge is 2.09. The summed E-state index contributed by atoms with van der Waals surface area (Å²) in [4.78, 5) is 8.54. The van der Waals surface area contributed by atoms with Gasteiger partial charge in [-0.05, 0) is 30.3 Å². The Morgan fingerprint density at radius 3 is 2.63 bits per heavy atom. The van der Waals surface area contributed by atoms with E-state index in [-0.39, 0.29) is 36.5 Å². The summed E-state index contributed by atoms with van der Waals surface area (Å²) in [5, 5.41) is 2.99. The van der Waals surface area contributed by atoms with Crippen molar-refractivity contribution in [2.75, 3.05) is 19.5 Å². The summed E-state index contributed by atoms with van der Waals surface area (Å²) in [5.74, 6) is 1.71. The zero-order valence-electron chi connectivity index (χ0n) is 16.5. The molecule has 0 aliphatic carbocycles. The number of benzene rings is 2. The molecule has 9 heteroatoms. The van der Waals surface area contributed by atoms with Crippen molar-refractivity contribution in [1.82, 2.24) is 4.98 Å². The van der Waals surface area contributed by atoms with Crippen LogP contribution >= 0.6 is 24.0 Å². The van der Waals surface area contributed by atoms with E-state index in [0.29, 0.717) is 34.4 Å². The number of methoxy groups -OCH3 is 2. The Labute approximate surface area is 191 Å². The number of nitrogens with two attached hydrogens (primary N) is 1. The van der Waals surface area contributed by atoms with Crippen LogP contribution in [0, 0.1) is 5.82 Å². The number of ether oxygens (including phenoxy) is 3. The number of guanidine groups is 1. The molecule has 3 rings (SSSR count). The lowest BCUT2D eigenvalue weighted by atomic mass is 10.2. The molecule has 0 aliphatic heterocycles. The maximum atomic E-state index is 13.4. The van der Waals surface area contributed by atoms with Crippen molar-refractivity contribution in [3.63, 3.8) is 0 Å². The summed E-state index contributed by atoms with van der Waals surface area (Å²) in [6, 6.07) is 14.7. The molecule has 0 amide bonds. The van der Waals surface area contributed by atoms with Gasteiger partial charge in [-0.25, -0.2) is 14.4 Å². The van der Waals surface area contributed by atoms with E-state index in [9.17, 15) is 4.39 Å². The van der Waals surface area contributed by atoms with Crippen LogP contribution in [0.1, 0.15) is 5.56 Å². The van der Waals surface area contributed by atoms with Crippen molar-refractivity contribution in [1.29, 1.82) is 0 Å².